The molecule has 2 aliphatic carbocycles. The van der Waals surface area contributed by atoms with Gasteiger partial charge in [0.15, 0.2) is 0 Å². The van der Waals surface area contributed by atoms with Crippen LogP contribution in [0.25, 0.3) is 10.8 Å². The number of hydrogen-bond acceptors (Lipinski definition) is 2. The van der Waals surface area contributed by atoms with Crippen LogP contribution in [0.4, 0.5) is 4.79 Å². The molecule has 0 aliphatic heterocycles. The number of urea groups is 1. The van der Waals surface area contributed by atoms with Crippen molar-refractivity contribution in [3.05, 3.63) is 41.5 Å². The average molecular weight is 324 g/mol. The van der Waals surface area contributed by atoms with E-state index in [2.05, 4.69) is 41.0 Å². The molecule has 2 aromatic rings. The van der Waals surface area contributed by atoms with Crippen molar-refractivity contribution in [3.63, 3.8) is 0 Å². The quantitative estimate of drug-likeness (QED) is 0.900. The number of aryl methyl sites for hydroxylation is 1. The molecule has 126 valence electrons. The molecule has 0 bridgehead atoms. The Morgan fingerprint density at radius 2 is 2.08 bits per heavy atom. The van der Waals surface area contributed by atoms with E-state index < -0.39 is 0 Å². The van der Waals surface area contributed by atoms with Gasteiger partial charge < -0.3 is 15.4 Å². The van der Waals surface area contributed by atoms with E-state index in [0.29, 0.717) is 18.5 Å². The molecule has 0 aromatic heterocycles. The number of carbonyl (C=O) groups excluding carboxylic acids is 1. The van der Waals surface area contributed by atoms with Gasteiger partial charge in [0.25, 0.3) is 0 Å². The molecule has 0 saturated heterocycles. The average Bonchev–Trinajstić information content (AvgIpc) is 2.58. The first-order valence-electron chi connectivity index (χ1n) is 8.89. The van der Waals surface area contributed by atoms with Crippen LogP contribution in [-0.2, 0) is 6.42 Å². The Bertz CT molecular complexity index is 768. The Labute approximate surface area is 142 Å². The zero-order chi connectivity index (χ0) is 16.5. The zero-order valence-electron chi connectivity index (χ0n) is 14.1. The molecule has 4 rings (SSSR count). The monoisotopic (exact) mass is 324 g/mol. The van der Waals surface area contributed by atoms with Gasteiger partial charge in [-0.05, 0) is 54.5 Å². The Balaban J connectivity index is 1.54. The highest BCUT2D eigenvalue weighted by molar-refractivity contribution is 5.92. The number of rotatable bonds is 4. The first-order valence-corrected chi connectivity index (χ1v) is 8.89. The van der Waals surface area contributed by atoms with Crippen LogP contribution < -0.4 is 15.4 Å². The minimum atomic E-state index is -0.0247. The van der Waals surface area contributed by atoms with Crippen LogP contribution >= 0.6 is 0 Å². The van der Waals surface area contributed by atoms with Crippen LogP contribution in [0, 0.1) is 0 Å². The van der Waals surface area contributed by atoms with Crippen molar-refractivity contribution >= 4 is 16.8 Å². The van der Waals surface area contributed by atoms with E-state index in [-0.39, 0.29) is 6.03 Å². The molecule has 0 radical (unpaired) electrons. The van der Waals surface area contributed by atoms with E-state index in [0.717, 1.165) is 31.4 Å². The van der Waals surface area contributed by atoms with E-state index in [9.17, 15) is 4.79 Å². The summed E-state index contributed by atoms with van der Waals surface area (Å²) in [5.74, 6) is 1.34. The maximum absolute atomic E-state index is 12.0. The van der Waals surface area contributed by atoms with Crippen LogP contribution in [-0.4, -0.2) is 25.7 Å². The van der Waals surface area contributed by atoms with Gasteiger partial charge in [-0.3, -0.25) is 0 Å². The third kappa shape index (κ3) is 2.70. The molecule has 1 unspecified atom stereocenters. The van der Waals surface area contributed by atoms with Crippen molar-refractivity contribution in [1.29, 1.82) is 0 Å². The number of ether oxygens (including phenoxy) is 1. The molecular formula is C20H24N2O2. The van der Waals surface area contributed by atoms with Crippen molar-refractivity contribution in [2.45, 2.75) is 44.1 Å². The lowest BCUT2D eigenvalue weighted by atomic mass is 9.81. The lowest BCUT2D eigenvalue weighted by molar-refractivity contribution is 0.227. The highest BCUT2D eigenvalue weighted by Crippen LogP contribution is 2.40. The van der Waals surface area contributed by atoms with E-state index in [1.807, 2.05) is 0 Å². The minimum Gasteiger partial charge on any atom is -0.496 e. The molecule has 2 N–H and O–H groups in total. The van der Waals surface area contributed by atoms with Gasteiger partial charge in [-0.2, -0.15) is 0 Å². The highest BCUT2D eigenvalue weighted by Gasteiger charge is 2.25. The van der Waals surface area contributed by atoms with Crippen LogP contribution in [0.2, 0.25) is 0 Å². The fourth-order valence-electron chi connectivity index (χ4n) is 3.94. The number of carbonyl (C=O) groups is 1. The Morgan fingerprint density at radius 1 is 1.21 bits per heavy atom. The van der Waals surface area contributed by atoms with Gasteiger partial charge in [0.2, 0.25) is 0 Å². The topological polar surface area (TPSA) is 50.4 Å². The largest absolute Gasteiger partial charge is 0.496 e. The predicted octanol–water partition coefficient (Wildman–Crippen LogP) is 3.73. The van der Waals surface area contributed by atoms with Crippen LogP contribution in [0.5, 0.6) is 5.75 Å². The molecule has 2 amide bonds. The van der Waals surface area contributed by atoms with Gasteiger partial charge in [0, 0.05) is 24.1 Å². The van der Waals surface area contributed by atoms with Gasteiger partial charge in [0.1, 0.15) is 5.75 Å². The van der Waals surface area contributed by atoms with Crippen LogP contribution in [0.1, 0.15) is 42.7 Å². The first kappa shape index (κ1) is 15.3. The van der Waals surface area contributed by atoms with Gasteiger partial charge >= 0.3 is 6.03 Å². The molecule has 2 aliphatic rings. The van der Waals surface area contributed by atoms with E-state index in [4.69, 9.17) is 4.74 Å². The third-order valence-electron chi connectivity index (χ3n) is 5.49. The predicted molar refractivity (Wildman–Crippen MR) is 95.7 cm³/mol. The number of hydrogen-bond donors (Lipinski definition) is 2. The number of amides is 2. The minimum absolute atomic E-state index is 0.0247. The fraction of sp³-hybridized carbons (Fsp3) is 0.450. The maximum atomic E-state index is 12.0. The Morgan fingerprint density at radius 3 is 2.83 bits per heavy atom. The number of nitrogens with one attached hydrogen (secondary N) is 2. The summed E-state index contributed by atoms with van der Waals surface area (Å²) >= 11 is 0. The molecule has 1 saturated carbocycles. The van der Waals surface area contributed by atoms with Gasteiger partial charge in [-0.1, -0.05) is 24.3 Å². The second kappa shape index (κ2) is 6.34. The molecule has 4 nitrogen and oxygen atoms in total. The van der Waals surface area contributed by atoms with Crippen molar-refractivity contribution in [1.82, 2.24) is 10.6 Å². The summed E-state index contributed by atoms with van der Waals surface area (Å²) in [5.41, 5.74) is 2.64. The van der Waals surface area contributed by atoms with E-state index >= 15 is 0 Å². The fourth-order valence-corrected chi connectivity index (χ4v) is 3.94. The molecule has 1 atom stereocenters. The smallest absolute Gasteiger partial charge is 0.315 e. The van der Waals surface area contributed by atoms with E-state index in [1.54, 1.807) is 7.11 Å². The van der Waals surface area contributed by atoms with Crippen molar-refractivity contribution in [2.75, 3.05) is 13.7 Å². The molecule has 4 heteroatoms. The summed E-state index contributed by atoms with van der Waals surface area (Å²) in [7, 11) is 1.73. The summed E-state index contributed by atoms with van der Waals surface area (Å²) in [5, 5.41) is 8.69. The maximum Gasteiger partial charge on any atom is 0.315 e. The summed E-state index contributed by atoms with van der Waals surface area (Å²) in [6.45, 7) is 0.689. The standard InChI is InChI=1S/C20H24N2O2/c1-24-18-11-9-13-4-2-7-16-14(8-10-17(18)19(13)16)12-21-20(23)22-15-5-3-6-15/h2,4,7,9,11,14-15H,3,5-6,8,10,12H2,1H3,(H2,21,22,23). The normalized spacial score (nSPS) is 19.6. The van der Waals surface area contributed by atoms with Gasteiger partial charge in [-0.15, -0.1) is 0 Å². The van der Waals surface area contributed by atoms with Crippen molar-refractivity contribution in [3.8, 4) is 5.75 Å². The SMILES string of the molecule is COc1ccc2cccc3c2c1CCC3CNC(=O)NC1CCC1. The first-order chi connectivity index (χ1) is 11.8. The summed E-state index contributed by atoms with van der Waals surface area (Å²) in [6, 6.07) is 11.0. The number of benzene rings is 2. The third-order valence-corrected chi connectivity index (χ3v) is 5.49. The zero-order valence-corrected chi connectivity index (χ0v) is 14.1. The van der Waals surface area contributed by atoms with Crippen molar-refractivity contribution in [2.24, 2.45) is 0 Å². The summed E-state index contributed by atoms with van der Waals surface area (Å²) in [4.78, 5) is 12.0. The summed E-state index contributed by atoms with van der Waals surface area (Å²) in [6.07, 6.45) is 5.49. The van der Waals surface area contributed by atoms with Crippen LogP contribution in [0.3, 0.4) is 0 Å². The molecule has 1 fully saturated rings. The van der Waals surface area contributed by atoms with Gasteiger partial charge in [0.05, 0.1) is 7.11 Å². The molecule has 2 aromatic carbocycles. The molecule has 0 heterocycles. The van der Waals surface area contributed by atoms with Gasteiger partial charge in [-0.25, -0.2) is 4.79 Å². The Kier molecular flexibility index (Phi) is 4.05. The van der Waals surface area contributed by atoms with Crippen LogP contribution in [0.15, 0.2) is 30.3 Å². The second-order valence-electron chi connectivity index (χ2n) is 6.91. The lowest BCUT2D eigenvalue weighted by Gasteiger charge is -2.29. The van der Waals surface area contributed by atoms with E-state index in [1.165, 1.54) is 28.3 Å². The number of methoxy groups -OCH3 is 1. The Hall–Kier alpha value is -2.23. The lowest BCUT2D eigenvalue weighted by Crippen LogP contribution is -2.46. The second-order valence-corrected chi connectivity index (χ2v) is 6.91. The molecular weight excluding hydrogens is 300 g/mol. The molecule has 0 spiro atoms. The highest BCUT2D eigenvalue weighted by atomic mass is 16.5. The summed E-state index contributed by atoms with van der Waals surface area (Å²) < 4.78 is 5.55. The molecule has 24 heavy (non-hydrogen) atoms. The van der Waals surface area contributed by atoms with Crippen molar-refractivity contribution < 1.29 is 9.53 Å².